The summed E-state index contributed by atoms with van der Waals surface area (Å²) in [5.74, 6) is 0.907. The fourth-order valence-corrected chi connectivity index (χ4v) is 2.30. The molecule has 0 saturated heterocycles. The first-order valence-corrected chi connectivity index (χ1v) is 6.87. The molecule has 2 unspecified atom stereocenters. The second kappa shape index (κ2) is 7.67. The second-order valence-corrected chi connectivity index (χ2v) is 5.15. The number of allylic oxidation sites excluding steroid dienone is 2. The van der Waals surface area contributed by atoms with Gasteiger partial charge in [-0.2, -0.15) is 0 Å². The molecule has 0 radical (unpaired) electrons. The molecule has 1 nitrogen and oxygen atoms in total. The highest BCUT2D eigenvalue weighted by molar-refractivity contribution is 5.30. The molecule has 1 rings (SSSR count). The van der Waals surface area contributed by atoms with Crippen LogP contribution in [0.25, 0.3) is 0 Å². The van der Waals surface area contributed by atoms with Crippen molar-refractivity contribution in [3.8, 4) is 0 Å². The Labute approximate surface area is 101 Å². The van der Waals surface area contributed by atoms with Crippen LogP contribution in [0.15, 0.2) is 23.8 Å². The minimum atomic E-state index is 0.206. The molecule has 0 bridgehead atoms. The van der Waals surface area contributed by atoms with E-state index in [0.717, 1.165) is 5.92 Å². The summed E-state index contributed by atoms with van der Waals surface area (Å²) in [7, 11) is 0. The Balaban J connectivity index is 1.99. The molecule has 16 heavy (non-hydrogen) atoms. The first-order valence-electron chi connectivity index (χ1n) is 6.87. The predicted molar refractivity (Wildman–Crippen MR) is 72.4 cm³/mol. The van der Waals surface area contributed by atoms with E-state index in [2.05, 4.69) is 32.1 Å². The maximum Gasteiger partial charge on any atom is 0.0446 e. The Morgan fingerprint density at radius 1 is 1.25 bits per heavy atom. The molecule has 0 heterocycles. The number of unbranched alkanes of at least 4 members (excludes halogenated alkanes) is 2. The highest BCUT2D eigenvalue weighted by Crippen LogP contribution is 2.20. The highest BCUT2D eigenvalue weighted by Gasteiger charge is 2.09. The molecule has 1 heteroatoms. The average molecular weight is 221 g/mol. The number of hydrogen-bond acceptors (Lipinski definition) is 1. The SMILES string of the molecule is CCCCC(C)CCCCC1=CC=CC1N. The third-order valence-corrected chi connectivity index (χ3v) is 3.52. The third kappa shape index (κ3) is 4.98. The van der Waals surface area contributed by atoms with E-state index in [0.29, 0.717) is 0 Å². The van der Waals surface area contributed by atoms with Gasteiger partial charge in [-0.3, -0.25) is 0 Å². The molecule has 1 aliphatic rings. The molecule has 0 aromatic carbocycles. The monoisotopic (exact) mass is 221 g/mol. The van der Waals surface area contributed by atoms with Crippen LogP contribution < -0.4 is 5.73 Å². The summed E-state index contributed by atoms with van der Waals surface area (Å²) in [6, 6.07) is 0.206. The van der Waals surface area contributed by atoms with Gasteiger partial charge in [-0.05, 0) is 24.3 Å². The van der Waals surface area contributed by atoms with Crippen LogP contribution >= 0.6 is 0 Å². The van der Waals surface area contributed by atoms with E-state index < -0.39 is 0 Å². The van der Waals surface area contributed by atoms with Crippen LogP contribution in [0.5, 0.6) is 0 Å². The second-order valence-electron chi connectivity index (χ2n) is 5.15. The lowest BCUT2D eigenvalue weighted by Crippen LogP contribution is -2.17. The molecule has 92 valence electrons. The molecule has 0 amide bonds. The Bertz CT molecular complexity index is 240. The summed E-state index contributed by atoms with van der Waals surface area (Å²) in [6.07, 6.45) is 15.7. The summed E-state index contributed by atoms with van der Waals surface area (Å²) in [6.45, 7) is 4.66. The summed E-state index contributed by atoms with van der Waals surface area (Å²) in [5.41, 5.74) is 7.35. The zero-order valence-corrected chi connectivity index (χ0v) is 10.9. The molecule has 0 fully saturated rings. The van der Waals surface area contributed by atoms with E-state index in [-0.39, 0.29) is 6.04 Å². The maximum atomic E-state index is 5.93. The van der Waals surface area contributed by atoms with E-state index in [9.17, 15) is 0 Å². The maximum absolute atomic E-state index is 5.93. The van der Waals surface area contributed by atoms with E-state index >= 15 is 0 Å². The number of rotatable bonds is 8. The van der Waals surface area contributed by atoms with Crippen molar-refractivity contribution in [2.45, 2.75) is 64.8 Å². The first-order chi connectivity index (χ1) is 7.74. The van der Waals surface area contributed by atoms with Crippen molar-refractivity contribution in [2.24, 2.45) is 11.7 Å². The van der Waals surface area contributed by atoms with Crippen LogP contribution in [-0.4, -0.2) is 6.04 Å². The summed E-state index contributed by atoms with van der Waals surface area (Å²) in [5, 5.41) is 0. The molecule has 1 aliphatic carbocycles. The molecule has 0 aliphatic heterocycles. The number of hydrogen-bond donors (Lipinski definition) is 1. The van der Waals surface area contributed by atoms with Gasteiger partial charge in [-0.25, -0.2) is 0 Å². The topological polar surface area (TPSA) is 26.0 Å². The largest absolute Gasteiger partial charge is 0.321 e. The Kier molecular flexibility index (Phi) is 6.47. The Hall–Kier alpha value is -0.560. The molecule has 2 atom stereocenters. The lowest BCUT2D eigenvalue weighted by atomic mass is 9.96. The molecular weight excluding hydrogens is 194 g/mol. The van der Waals surface area contributed by atoms with Crippen LogP contribution in [0.2, 0.25) is 0 Å². The van der Waals surface area contributed by atoms with E-state index in [4.69, 9.17) is 5.73 Å². The van der Waals surface area contributed by atoms with E-state index in [1.54, 1.807) is 0 Å². The lowest BCUT2D eigenvalue weighted by molar-refractivity contribution is 0.449. The van der Waals surface area contributed by atoms with E-state index in [1.807, 2.05) is 0 Å². The van der Waals surface area contributed by atoms with Gasteiger partial charge in [0.1, 0.15) is 0 Å². The van der Waals surface area contributed by atoms with Gasteiger partial charge in [-0.15, -0.1) is 0 Å². The smallest absolute Gasteiger partial charge is 0.0446 e. The number of nitrogens with two attached hydrogens (primary N) is 1. The summed E-state index contributed by atoms with van der Waals surface area (Å²) >= 11 is 0. The molecule has 0 saturated carbocycles. The van der Waals surface area contributed by atoms with Gasteiger partial charge in [0.05, 0.1) is 0 Å². The van der Waals surface area contributed by atoms with Crippen LogP contribution in [0, 0.1) is 5.92 Å². The van der Waals surface area contributed by atoms with Crippen molar-refractivity contribution in [1.82, 2.24) is 0 Å². The van der Waals surface area contributed by atoms with Crippen molar-refractivity contribution >= 4 is 0 Å². The third-order valence-electron chi connectivity index (χ3n) is 3.52. The molecule has 0 aromatic heterocycles. The van der Waals surface area contributed by atoms with Gasteiger partial charge in [0.2, 0.25) is 0 Å². The van der Waals surface area contributed by atoms with Crippen molar-refractivity contribution < 1.29 is 0 Å². The Morgan fingerprint density at radius 2 is 2.00 bits per heavy atom. The fraction of sp³-hybridized carbons (Fsp3) is 0.733. The van der Waals surface area contributed by atoms with Crippen LogP contribution in [0.4, 0.5) is 0 Å². The zero-order valence-electron chi connectivity index (χ0n) is 10.9. The van der Waals surface area contributed by atoms with Crippen molar-refractivity contribution in [1.29, 1.82) is 0 Å². The molecule has 0 aromatic rings. The van der Waals surface area contributed by atoms with Gasteiger partial charge >= 0.3 is 0 Å². The predicted octanol–water partition coefficient (Wildman–Crippen LogP) is 4.20. The van der Waals surface area contributed by atoms with Gasteiger partial charge < -0.3 is 5.73 Å². The quantitative estimate of drug-likeness (QED) is 0.611. The normalized spacial score (nSPS) is 21.2. The van der Waals surface area contributed by atoms with Crippen LogP contribution in [-0.2, 0) is 0 Å². The van der Waals surface area contributed by atoms with Gasteiger partial charge in [0.25, 0.3) is 0 Å². The fourth-order valence-electron chi connectivity index (χ4n) is 2.30. The Morgan fingerprint density at radius 3 is 2.62 bits per heavy atom. The summed E-state index contributed by atoms with van der Waals surface area (Å²) < 4.78 is 0. The first kappa shape index (κ1) is 13.5. The van der Waals surface area contributed by atoms with Crippen LogP contribution in [0.1, 0.15) is 58.8 Å². The minimum absolute atomic E-state index is 0.206. The van der Waals surface area contributed by atoms with Crippen molar-refractivity contribution in [2.75, 3.05) is 0 Å². The standard InChI is InChI=1S/C15H27N/c1-3-4-8-13(2)9-5-6-10-14-11-7-12-15(14)16/h7,11-13,15H,3-6,8-10,16H2,1-2H3. The highest BCUT2D eigenvalue weighted by atomic mass is 14.6. The molecule has 2 N–H and O–H groups in total. The van der Waals surface area contributed by atoms with Crippen LogP contribution in [0.3, 0.4) is 0 Å². The van der Waals surface area contributed by atoms with Gasteiger partial charge in [0.15, 0.2) is 0 Å². The van der Waals surface area contributed by atoms with Gasteiger partial charge in [0, 0.05) is 6.04 Å². The van der Waals surface area contributed by atoms with Crippen molar-refractivity contribution in [3.05, 3.63) is 23.8 Å². The minimum Gasteiger partial charge on any atom is -0.321 e. The lowest BCUT2D eigenvalue weighted by Gasteiger charge is -2.11. The van der Waals surface area contributed by atoms with E-state index in [1.165, 1.54) is 50.5 Å². The van der Waals surface area contributed by atoms with Crippen molar-refractivity contribution in [3.63, 3.8) is 0 Å². The zero-order chi connectivity index (χ0) is 11.8. The summed E-state index contributed by atoms with van der Waals surface area (Å²) in [4.78, 5) is 0. The average Bonchev–Trinajstić information content (AvgIpc) is 2.67. The van der Waals surface area contributed by atoms with Gasteiger partial charge in [-0.1, -0.05) is 64.2 Å². The molecule has 0 spiro atoms. The molecular formula is C15H27N.